The van der Waals surface area contributed by atoms with Gasteiger partial charge in [-0.05, 0) is 56.0 Å². The van der Waals surface area contributed by atoms with Crippen LogP contribution in [0.15, 0.2) is 41.6 Å². The first-order valence-corrected chi connectivity index (χ1v) is 8.78. The molecule has 6 heteroatoms. The van der Waals surface area contributed by atoms with Crippen molar-refractivity contribution in [2.75, 3.05) is 13.1 Å². The molecule has 0 saturated carbocycles. The molecule has 1 fully saturated rings. The van der Waals surface area contributed by atoms with Gasteiger partial charge in [-0.25, -0.2) is 4.98 Å². The molecular weight excluding hydrogens is 314 g/mol. The Bertz CT molecular complexity index is 950. The molecule has 4 rings (SSSR count). The van der Waals surface area contributed by atoms with Crippen LogP contribution in [-0.2, 0) is 13.6 Å². The normalized spacial score (nSPS) is 16.6. The van der Waals surface area contributed by atoms with Gasteiger partial charge in [0.15, 0.2) is 0 Å². The molecule has 0 unspecified atom stereocenters. The summed E-state index contributed by atoms with van der Waals surface area (Å²) in [4.78, 5) is 19.4. The average Bonchev–Trinajstić information content (AvgIpc) is 3.03. The van der Waals surface area contributed by atoms with E-state index in [1.54, 1.807) is 10.5 Å². The molecule has 0 atom stereocenters. The summed E-state index contributed by atoms with van der Waals surface area (Å²) >= 11 is 0. The predicted molar refractivity (Wildman–Crippen MR) is 96.7 cm³/mol. The van der Waals surface area contributed by atoms with Crippen molar-refractivity contribution in [1.82, 2.24) is 24.1 Å². The zero-order valence-corrected chi connectivity index (χ0v) is 14.7. The van der Waals surface area contributed by atoms with Crippen molar-refractivity contribution >= 4 is 5.65 Å². The van der Waals surface area contributed by atoms with Crippen molar-refractivity contribution < 1.29 is 0 Å². The van der Waals surface area contributed by atoms with Crippen molar-refractivity contribution in [3.05, 3.63) is 64.0 Å². The number of hydrogen-bond acceptors (Lipinski definition) is 4. The Kier molecular flexibility index (Phi) is 4.13. The summed E-state index contributed by atoms with van der Waals surface area (Å²) in [5, 5.41) is 4.28. The maximum Gasteiger partial charge on any atom is 0.258 e. The zero-order chi connectivity index (χ0) is 17.4. The highest BCUT2D eigenvalue weighted by atomic mass is 16.1. The minimum absolute atomic E-state index is 0.00561. The monoisotopic (exact) mass is 337 g/mol. The highest BCUT2D eigenvalue weighted by Gasteiger charge is 2.22. The average molecular weight is 337 g/mol. The Morgan fingerprint density at radius 3 is 2.72 bits per heavy atom. The number of aryl methyl sites for hydroxylation is 2. The molecule has 0 aliphatic carbocycles. The molecule has 6 nitrogen and oxygen atoms in total. The first-order chi connectivity index (χ1) is 12.1. The van der Waals surface area contributed by atoms with Gasteiger partial charge in [-0.15, -0.1) is 0 Å². The predicted octanol–water partition coefficient (Wildman–Crippen LogP) is 2.12. The molecule has 130 valence electrons. The maximum absolute atomic E-state index is 12.3. The molecule has 25 heavy (non-hydrogen) atoms. The van der Waals surface area contributed by atoms with Gasteiger partial charge < -0.3 is 0 Å². The van der Waals surface area contributed by atoms with Gasteiger partial charge in [-0.3, -0.25) is 18.8 Å². The molecule has 0 spiro atoms. The minimum Gasteiger partial charge on any atom is -0.297 e. The number of likely N-dealkylation sites (tertiary alicyclic amines) is 1. The SMILES string of the molecule is Cc1ccc2nc(CN3CCC(c4cnn(C)c4)CC3)cc(=O)n2c1. The zero-order valence-electron chi connectivity index (χ0n) is 14.7. The number of rotatable bonds is 3. The van der Waals surface area contributed by atoms with E-state index in [9.17, 15) is 4.79 Å². The van der Waals surface area contributed by atoms with Gasteiger partial charge in [0.1, 0.15) is 5.65 Å². The van der Waals surface area contributed by atoms with E-state index >= 15 is 0 Å². The largest absolute Gasteiger partial charge is 0.297 e. The lowest BCUT2D eigenvalue weighted by atomic mass is 9.91. The van der Waals surface area contributed by atoms with Crippen LogP contribution in [0.2, 0.25) is 0 Å². The second-order valence-corrected chi connectivity index (χ2v) is 7.02. The number of nitrogens with zero attached hydrogens (tertiary/aromatic N) is 5. The number of fused-ring (bicyclic) bond motifs is 1. The maximum atomic E-state index is 12.3. The second kappa shape index (κ2) is 6.44. The summed E-state index contributed by atoms with van der Waals surface area (Å²) in [6, 6.07) is 5.57. The molecule has 1 aliphatic rings. The topological polar surface area (TPSA) is 55.4 Å². The van der Waals surface area contributed by atoms with E-state index in [4.69, 9.17) is 0 Å². The van der Waals surface area contributed by atoms with E-state index in [1.807, 2.05) is 43.2 Å². The summed E-state index contributed by atoms with van der Waals surface area (Å²) in [6.45, 7) is 4.76. The van der Waals surface area contributed by atoms with Crippen molar-refractivity contribution in [2.24, 2.45) is 7.05 Å². The quantitative estimate of drug-likeness (QED) is 0.735. The van der Waals surface area contributed by atoms with Gasteiger partial charge >= 0.3 is 0 Å². The molecule has 3 aromatic heterocycles. The van der Waals surface area contributed by atoms with Crippen molar-refractivity contribution in [2.45, 2.75) is 32.2 Å². The Morgan fingerprint density at radius 2 is 2.00 bits per heavy atom. The van der Waals surface area contributed by atoms with Gasteiger partial charge in [-0.2, -0.15) is 5.10 Å². The Morgan fingerprint density at radius 1 is 1.20 bits per heavy atom. The summed E-state index contributed by atoms with van der Waals surface area (Å²) < 4.78 is 3.49. The van der Waals surface area contributed by atoms with Gasteiger partial charge in [0.05, 0.1) is 11.9 Å². The van der Waals surface area contributed by atoms with Gasteiger partial charge in [0.2, 0.25) is 0 Å². The highest BCUT2D eigenvalue weighted by Crippen LogP contribution is 2.27. The van der Waals surface area contributed by atoms with Crippen LogP contribution in [0.5, 0.6) is 0 Å². The van der Waals surface area contributed by atoms with Crippen LogP contribution in [0.3, 0.4) is 0 Å². The van der Waals surface area contributed by atoms with Crippen molar-refractivity contribution in [1.29, 1.82) is 0 Å². The number of aromatic nitrogens is 4. The Labute approximate surface area is 146 Å². The van der Waals surface area contributed by atoms with E-state index in [1.165, 1.54) is 5.56 Å². The van der Waals surface area contributed by atoms with Crippen LogP contribution in [0.25, 0.3) is 5.65 Å². The molecular formula is C19H23N5O. The molecule has 4 heterocycles. The lowest BCUT2D eigenvalue weighted by molar-refractivity contribution is 0.202. The fourth-order valence-corrected chi connectivity index (χ4v) is 3.64. The number of hydrogen-bond donors (Lipinski definition) is 0. The summed E-state index contributed by atoms with van der Waals surface area (Å²) in [5.41, 5.74) is 3.96. The third-order valence-electron chi connectivity index (χ3n) is 5.03. The van der Waals surface area contributed by atoms with Crippen LogP contribution < -0.4 is 5.56 Å². The lowest BCUT2D eigenvalue weighted by Crippen LogP contribution is -2.33. The van der Waals surface area contributed by atoms with Crippen LogP contribution in [0.1, 0.15) is 35.6 Å². The van der Waals surface area contributed by atoms with E-state index in [0.29, 0.717) is 5.92 Å². The number of pyridine rings is 1. The first-order valence-electron chi connectivity index (χ1n) is 8.78. The molecule has 0 amide bonds. The molecule has 1 aliphatic heterocycles. The van der Waals surface area contributed by atoms with E-state index in [2.05, 4.69) is 21.2 Å². The van der Waals surface area contributed by atoms with Gasteiger partial charge in [0, 0.05) is 32.1 Å². The summed E-state index contributed by atoms with van der Waals surface area (Å²) in [7, 11) is 1.96. The molecule has 0 radical (unpaired) electrons. The fourth-order valence-electron chi connectivity index (χ4n) is 3.64. The first kappa shape index (κ1) is 16.0. The third kappa shape index (κ3) is 3.35. The van der Waals surface area contributed by atoms with Crippen molar-refractivity contribution in [3.63, 3.8) is 0 Å². The van der Waals surface area contributed by atoms with Crippen molar-refractivity contribution in [3.8, 4) is 0 Å². The molecule has 0 bridgehead atoms. The van der Waals surface area contributed by atoms with Crippen LogP contribution >= 0.6 is 0 Å². The van der Waals surface area contributed by atoms with Gasteiger partial charge in [0.25, 0.3) is 5.56 Å². The highest BCUT2D eigenvalue weighted by molar-refractivity contribution is 5.39. The van der Waals surface area contributed by atoms with Crippen LogP contribution in [-0.4, -0.2) is 37.2 Å². The second-order valence-electron chi connectivity index (χ2n) is 7.02. The third-order valence-corrected chi connectivity index (χ3v) is 5.03. The smallest absolute Gasteiger partial charge is 0.258 e. The molecule has 0 aromatic carbocycles. The Hall–Kier alpha value is -2.47. The van der Waals surface area contributed by atoms with E-state index in [-0.39, 0.29) is 5.56 Å². The van der Waals surface area contributed by atoms with E-state index in [0.717, 1.165) is 49.4 Å². The Balaban J connectivity index is 1.46. The fraction of sp³-hybridized carbons (Fsp3) is 0.421. The van der Waals surface area contributed by atoms with E-state index < -0.39 is 0 Å². The molecule has 3 aromatic rings. The minimum atomic E-state index is -0.00561. The summed E-state index contributed by atoms with van der Waals surface area (Å²) in [6.07, 6.45) is 8.19. The number of piperidine rings is 1. The molecule has 1 saturated heterocycles. The summed E-state index contributed by atoms with van der Waals surface area (Å²) in [5.74, 6) is 0.586. The van der Waals surface area contributed by atoms with Crippen LogP contribution in [0, 0.1) is 6.92 Å². The standard InChI is InChI=1S/C19H23N5O/c1-14-3-4-18-21-17(9-19(25)24(18)11-14)13-23-7-5-15(6-8-23)16-10-20-22(2)12-16/h3-4,9-12,15H,5-8,13H2,1-2H3. The lowest BCUT2D eigenvalue weighted by Gasteiger charge is -2.31. The van der Waals surface area contributed by atoms with Gasteiger partial charge in [-0.1, -0.05) is 6.07 Å². The van der Waals surface area contributed by atoms with Crippen LogP contribution in [0.4, 0.5) is 0 Å². The molecule has 0 N–H and O–H groups in total.